The summed E-state index contributed by atoms with van der Waals surface area (Å²) in [6, 6.07) is 0. The number of aliphatic hydroxyl groups excluding tert-OH is 1. The van der Waals surface area contributed by atoms with Gasteiger partial charge in [-0.1, -0.05) is 27.2 Å². The number of rotatable bonds is 5. The standard InChI is InChI=1S/C9H20O2/c1-4-5-9(11,6-7-10)8(2)3/h8,10-11H,4-7H2,1-3H3/t9-/m1/s1. The SMILES string of the molecule is CCC[C@@](O)(CCO)C(C)C. The Labute approximate surface area is 69.2 Å². The van der Waals surface area contributed by atoms with Crippen molar-refractivity contribution in [2.24, 2.45) is 5.92 Å². The molecule has 0 rings (SSSR count). The molecule has 2 N–H and O–H groups in total. The minimum absolute atomic E-state index is 0.0781. The Morgan fingerprint density at radius 1 is 1.27 bits per heavy atom. The third-order valence-electron chi connectivity index (χ3n) is 2.30. The number of aliphatic hydroxyl groups is 2. The van der Waals surface area contributed by atoms with Gasteiger partial charge in [-0.2, -0.15) is 0 Å². The monoisotopic (exact) mass is 160 g/mol. The van der Waals surface area contributed by atoms with E-state index in [1.807, 2.05) is 20.8 Å². The van der Waals surface area contributed by atoms with Crippen LogP contribution in [0.2, 0.25) is 0 Å². The maximum absolute atomic E-state index is 9.93. The number of hydrogen-bond donors (Lipinski definition) is 2. The molecule has 68 valence electrons. The van der Waals surface area contributed by atoms with Crippen molar-refractivity contribution < 1.29 is 10.2 Å². The molecular weight excluding hydrogens is 140 g/mol. The molecule has 0 bridgehead atoms. The molecule has 0 saturated heterocycles. The Morgan fingerprint density at radius 3 is 2.09 bits per heavy atom. The van der Waals surface area contributed by atoms with Gasteiger partial charge in [0.15, 0.2) is 0 Å². The van der Waals surface area contributed by atoms with Gasteiger partial charge in [-0.15, -0.1) is 0 Å². The summed E-state index contributed by atoms with van der Waals surface area (Å²) in [5, 5.41) is 18.6. The van der Waals surface area contributed by atoms with E-state index < -0.39 is 5.60 Å². The van der Waals surface area contributed by atoms with Gasteiger partial charge in [0.1, 0.15) is 0 Å². The third-order valence-corrected chi connectivity index (χ3v) is 2.30. The second-order valence-electron chi connectivity index (χ2n) is 3.48. The van der Waals surface area contributed by atoms with Crippen LogP contribution in [0.25, 0.3) is 0 Å². The molecule has 0 aliphatic heterocycles. The van der Waals surface area contributed by atoms with Crippen LogP contribution in [0.3, 0.4) is 0 Å². The highest BCUT2D eigenvalue weighted by Gasteiger charge is 2.28. The van der Waals surface area contributed by atoms with Gasteiger partial charge in [-0.25, -0.2) is 0 Å². The average molecular weight is 160 g/mol. The van der Waals surface area contributed by atoms with Crippen molar-refractivity contribution in [3.8, 4) is 0 Å². The Morgan fingerprint density at radius 2 is 1.82 bits per heavy atom. The summed E-state index contributed by atoms with van der Waals surface area (Å²) in [5.41, 5.74) is -0.649. The van der Waals surface area contributed by atoms with E-state index in [1.54, 1.807) is 0 Å². The molecule has 2 nitrogen and oxygen atoms in total. The first-order chi connectivity index (χ1) is 5.06. The highest BCUT2D eigenvalue weighted by molar-refractivity contribution is 4.80. The molecule has 0 unspecified atom stereocenters. The van der Waals surface area contributed by atoms with Crippen LogP contribution >= 0.6 is 0 Å². The Balaban J connectivity index is 4.01. The lowest BCUT2D eigenvalue weighted by Gasteiger charge is -2.31. The molecule has 2 heteroatoms. The minimum Gasteiger partial charge on any atom is -0.396 e. The van der Waals surface area contributed by atoms with E-state index in [1.165, 1.54) is 0 Å². The third kappa shape index (κ3) is 3.21. The molecule has 0 radical (unpaired) electrons. The zero-order valence-electron chi connectivity index (χ0n) is 7.80. The second kappa shape index (κ2) is 4.73. The lowest BCUT2D eigenvalue weighted by Crippen LogP contribution is -2.35. The minimum atomic E-state index is -0.649. The molecule has 0 aliphatic rings. The van der Waals surface area contributed by atoms with Crippen LogP contribution in [0.4, 0.5) is 0 Å². The van der Waals surface area contributed by atoms with Gasteiger partial charge in [0.2, 0.25) is 0 Å². The van der Waals surface area contributed by atoms with Crippen molar-refractivity contribution in [3.05, 3.63) is 0 Å². The van der Waals surface area contributed by atoms with Crippen LogP contribution in [0.1, 0.15) is 40.0 Å². The fourth-order valence-corrected chi connectivity index (χ4v) is 1.33. The topological polar surface area (TPSA) is 40.5 Å². The summed E-state index contributed by atoms with van der Waals surface area (Å²) < 4.78 is 0. The van der Waals surface area contributed by atoms with Gasteiger partial charge in [0, 0.05) is 6.61 Å². The van der Waals surface area contributed by atoms with Crippen molar-refractivity contribution in [3.63, 3.8) is 0 Å². The van der Waals surface area contributed by atoms with Gasteiger partial charge in [-0.05, 0) is 18.8 Å². The second-order valence-corrected chi connectivity index (χ2v) is 3.48. The Bertz CT molecular complexity index is 93.7. The van der Waals surface area contributed by atoms with Gasteiger partial charge in [0.25, 0.3) is 0 Å². The van der Waals surface area contributed by atoms with Crippen molar-refractivity contribution in [2.75, 3.05) is 6.61 Å². The largest absolute Gasteiger partial charge is 0.396 e. The zero-order chi connectivity index (χ0) is 8.91. The van der Waals surface area contributed by atoms with Gasteiger partial charge in [-0.3, -0.25) is 0 Å². The average Bonchev–Trinajstić information content (AvgIpc) is 1.88. The highest BCUT2D eigenvalue weighted by Crippen LogP contribution is 2.25. The van der Waals surface area contributed by atoms with Crippen LogP contribution in [0.15, 0.2) is 0 Å². The van der Waals surface area contributed by atoms with E-state index in [0.29, 0.717) is 6.42 Å². The fraction of sp³-hybridized carbons (Fsp3) is 1.00. The highest BCUT2D eigenvalue weighted by atomic mass is 16.3. The molecule has 0 saturated carbocycles. The Hall–Kier alpha value is -0.0800. The van der Waals surface area contributed by atoms with E-state index in [4.69, 9.17) is 5.11 Å². The predicted molar refractivity (Wildman–Crippen MR) is 46.4 cm³/mol. The van der Waals surface area contributed by atoms with Crippen molar-refractivity contribution >= 4 is 0 Å². The maximum Gasteiger partial charge on any atom is 0.0692 e. The lowest BCUT2D eigenvalue weighted by molar-refractivity contribution is -0.0328. The molecule has 0 aliphatic carbocycles. The van der Waals surface area contributed by atoms with Crippen LogP contribution in [0, 0.1) is 5.92 Å². The molecule has 11 heavy (non-hydrogen) atoms. The van der Waals surface area contributed by atoms with Gasteiger partial charge >= 0.3 is 0 Å². The van der Waals surface area contributed by atoms with Gasteiger partial charge < -0.3 is 10.2 Å². The molecule has 0 aromatic heterocycles. The van der Waals surface area contributed by atoms with E-state index in [0.717, 1.165) is 12.8 Å². The summed E-state index contributed by atoms with van der Waals surface area (Å²) in [6.07, 6.45) is 2.25. The first-order valence-electron chi connectivity index (χ1n) is 4.40. The van der Waals surface area contributed by atoms with E-state index in [2.05, 4.69) is 0 Å². The van der Waals surface area contributed by atoms with E-state index in [9.17, 15) is 5.11 Å². The summed E-state index contributed by atoms with van der Waals surface area (Å²) >= 11 is 0. The van der Waals surface area contributed by atoms with Gasteiger partial charge in [0.05, 0.1) is 5.60 Å². The molecule has 0 spiro atoms. The summed E-state index contributed by atoms with van der Waals surface area (Å²) in [4.78, 5) is 0. The molecule has 0 heterocycles. The van der Waals surface area contributed by atoms with Crippen molar-refractivity contribution in [2.45, 2.75) is 45.6 Å². The smallest absolute Gasteiger partial charge is 0.0692 e. The number of hydrogen-bond acceptors (Lipinski definition) is 2. The van der Waals surface area contributed by atoms with Crippen molar-refractivity contribution in [1.82, 2.24) is 0 Å². The van der Waals surface area contributed by atoms with Crippen LogP contribution in [-0.2, 0) is 0 Å². The van der Waals surface area contributed by atoms with Crippen LogP contribution in [0.5, 0.6) is 0 Å². The quantitative estimate of drug-likeness (QED) is 0.640. The van der Waals surface area contributed by atoms with E-state index in [-0.39, 0.29) is 12.5 Å². The maximum atomic E-state index is 9.93. The summed E-state index contributed by atoms with van der Waals surface area (Å²) in [5.74, 6) is 0.231. The normalized spacial score (nSPS) is 16.9. The fourth-order valence-electron chi connectivity index (χ4n) is 1.33. The van der Waals surface area contributed by atoms with Crippen LogP contribution in [-0.4, -0.2) is 22.4 Å². The van der Waals surface area contributed by atoms with Crippen molar-refractivity contribution in [1.29, 1.82) is 0 Å². The predicted octanol–water partition coefficient (Wildman–Crippen LogP) is 1.56. The first-order valence-corrected chi connectivity index (χ1v) is 4.40. The molecule has 0 aromatic rings. The molecule has 0 aromatic carbocycles. The van der Waals surface area contributed by atoms with Crippen LogP contribution < -0.4 is 0 Å². The molecule has 0 fully saturated rings. The van der Waals surface area contributed by atoms with E-state index >= 15 is 0 Å². The molecule has 1 atom stereocenters. The summed E-state index contributed by atoms with van der Waals surface area (Å²) in [7, 11) is 0. The summed E-state index contributed by atoms with van der Waals surface area (Å²) in [6.45, 7) is 6.11. The first kappa shape index (κ1) is 10.9. The molecular formula is C9H20O2. The zero-order valence-corrected chi connectivity index (χ0v) is 7.80. The molecule has 0 amide bonds. The lowest BCUT2D eigenvalue weighted by atomic mass is 9.83. The Kier molecular flexibility index (Phi) is 4.69.